The van der Waals surface area contributed by atoms with Crippen molar-refractivity contribution in [3.05, 3.63) is 35.0 Å². The van der Waals surface area contributed by atoms with Crippen LogP contribution in [-0.2, 0) is 19.9 Å². The van der Waals surface area contributed by atoms with Gasteiger partial charge in [-0.2, -0.15) is 5.10 Å². The van der Waals surface area contributed by atoms with Gasteiger partial charge in [0.05, 0.1) is 16.8 Å². The van der Waals surface area contributed by atoms with Crippen LogP contribution in [0.5, 0.6) is 0 Å². The second kappa shape index (κ2) is 6.57. The second-order valence-corrected chi connectivity index (χ2v) is 8.71. The molecular weight excluding hydrogens is 352 g/mol. The molecule has 5 rings (SSSR count). The number of hydrogen-bond acceptors (Lipinski definition) is 5. The van der Waals surface area contributed by atoms with Crippen LogP contribution in [0.15, 0.2) is 12.5 Å². The molecule has 1 N–H and O–H groups in total. The van der Waals surface area contributed by atoms with E-state index in [0.717, 1.165) is 55.8 Å². The molecule has 2 atom stereocenters. The fraction of sp³-hybridized carbons (Fsp3) is 0.619. The van der Waals surface area contributed by atoms with E-state index in [-0.39, 0.29) is 11.4 Å². The van der Waals surface area contributed by atoms with Crippen LogP contribution in [0.3, 0.4) is 0 Å². The molecule has 0 radical (unpaired) electrons. The monoisotopic (exact) mass is 380 g/mol. The van der Waals surface area contributed by atoms with Gasteiger partial charge in [-0.25, -0.2) is 9.97 Å². The fourth-order valence-electron chi connectivity index (χ4n) is 5.22. The third-order valence-corrected chi connectivity index (χ3v) is 6.91. The highest BCUT2D eigenvalue weighted by molar-refractivity contribution is 5.95. The van der Waals surface area contributed by atoms with Crippen molar-refractivity contribution >= 4 is 11.7 Å². The van der Waals surface area contributed by atoms with Crippen molar-refractivity contribution in [3.8, 4) is 0 Å². The normalized spacial score (nSPS) is 26.2. The molecule has 0 aromatic carbocycles. The molecule has 2 aromatic rings. The van der Waals surface area contributed by atoms with Crippen molar-refractivity contribution in [2.75, 3.05) is 18.4 Å². The molecule has 3 aliphatic rings. The number of hydrogen-bond donors (Lipinski definition) is 1. The minimum atomic E-state index is -0.0415. The van der Waals surface area contributed by atoms with Gasteiger partial charge in [-0.3, -0.25) is 9.48 Å². The largest absolute Gasteiger partial charge is 0.362 e. The van der Waals surface area contributed by atoms with Gasteiger partial charge in [-0.05, 0) is 45.4 Å². The fourth-order valence-corrected chi connectivity index (χ4v) is 5.22. The van der Waals surface area contributed by atoms with E-state index < -0.39 is 0 Å². The molecule has 1 saturated heterocycles. The molecule has 2 fully saturated rings. The Morgan fingerprint density at radius 3 is 2.86 bits per heavy atom. The number of aromatic nitrogens is 4. The van der Waals surface area contributed by atoms with E-state index in [2.05, 4.69) is 20.4 Å². The lowest BCUT2D eigenvalue weighted by Crippen LogP contribution is -2.53. The molecule has 2 aliphatic carbocycles. The molecule has 0 spiro atoms. The van der Waals surface area contributed by atoms with Crippen LogP contribution in [0.1, 0.15) is 59.4 Å². The zero-order chi connectivity index (χ0) is 19.3. The minimum Gasteiger partial charge on any atom is -0.362 e. The summed E-state index contributed by atoms with van der Waals surface area (Å²) >= 11 is 0. The summed E-state index contributed by atoms with van der Waals surface area (Å²) in [6.45, 7) is 3.46. The van der Waals surface area contributed by atoms with E-state index in [0.29, 0.717) is 5.92 Å². The average molecular weight is 380 g/mol. The van der Waals surface area contributed by atoms with Crippen LogP contribution in [0.4, 0.5) is 5.82 Å². The summed E-state index contributed by atoms with van der Waals surface area (Å²) in [5.74, 6) is 1.59. The average Bonchev–Trinajstić information content (AvgIpc) is 2.99. The highest BCUT2D eigenvalue weighted by Gasteiger charge is 2.54. The van der Waals surface area contributed by atoms with E-state index in [1.165, 1.54) is 30.5 Å². The zero-order valence-corrected chi connectivity index (χ0v) is 16.7. The molecule has 1 aliphatic heterocycles. The Morgan fingerprint density at radius 2 is 2.11 bits per heavy atom. The first kappa shape index (κ1) is 17.6. The highest BCUT2D eigenvalue weighted by Crippen LogP contribution is 2.47. The first-order chi connectivity index (χ1) is 13.6. The minimum absolute atomic E-state index is 0.0415. The molecule has 3 heterocycles. The summed E-state index contributed by atoms with van der Waals surface area (Å²) in [5, 5.41) is 8.14. The second-order valence-electron chi connectivity index (χ2n) is 8.71. The Labute approximate surface area is 165 Å². The van der Waals surface area contributed by atoms with Crippen molar-refractivity contribution in [1.82, 2.24) is 24.6 Å². The van der Waals surface area contributed by atoms with Crippen LogP contribution in [0.2, 0.25) is 0 Å². The molecule has 1 saturated carbocycles. The van der Waals surface area contributed by atoms with Gasteiger partial charge >= 0.3 is 0 Å². The summed E-state index contributed by atoms with van der Waals surface area (Å²) in [6, 6.07) is 0. The van der Waals surface area contributed by atoms with Crippen molar-refractivity contribution in [2.24, 2.45) is 13.0 Å². The number of nitrogens with zero attached hydrogens (tertiary/aromatic N) is 5. The maximum absolute atomic E-state index is 13.1. The van der Waals surface area contributed by atoms with E-state index in [1.807, 2.05) is 25.1 Å². The van der Waals surface area contributed by atoms with Gasteiger partial charge in [0, 0.05) is 43.5 Å². The molecule has 0 bridgehead atoms. The SMILES string of the molecule is Cc1nn(C)cc1C(=O)N1CC2CCC2(Nc2ncnc3c2CCCCC3)C1. The smallest absolute Gasteiger partial charge is 0.257 e. The Kier molecular flexibility index (Phi) is 4.14. The summed E-state index contributed by atoms with van der Waals surface area (Å²) in [7, 11) is 1.86. The number of nitrogens with one attached hydrogen (secondary N) is 1. The van der Waals surface area contributed by atoms with Crippen LogP contribution in [0.25, 0.3) is 0 Å². The van der Waals surface area contributed by atoms with Gasteiger partial charge in [0.25, 0.3) is 5.91 Å². The number of carbonyl (C=O) groups is 1. The van der Waals surface area contributed by atoms with Crippen molar-refractivity contribution in [3.63, 3.8) is 0 Å². The van der Waals surface area contributed by atoms with Gasteiger partial charge in [0.1, 0.15) is 12.1 Å². The number of rotatable bonds is 3. The zero-order valence-electron chi connectivity index (χ0n) is 16.7. The van der Waals surface area contributed by atoms with Crippen LogP contribution < -0.4 is 5.32 Å². The summed E-state index contributed by atoms with van der Waals surface area (Å²) in [4.78, 5) is 24.3. The number of anilines is 1. The Hall–Kier alpha value is -2.44. The van der Waals surface area contributed by atoms with E-state index in [1.54, 1.807) is 11.0 Å². The third-order valence-electron chi connectivity index (χ3n) is 6.91. The Bertz CT molecular complexity index is 922. The predicted octanol–water partition coefficient (Wildman–Crippen LogP) is 2.50. The molecule has 2 aromatic heterocycles. The quantitative estimate of drug-likeness (QED) is 0.828. The summed E-state index contributed by atoms with van der Waals surface area (Å²) in [5.41, 5.74) is 3.98. The lowest BCUT2D eigenvalue weighted by atomic mass is 9.69. The van der Waals surface area contributed by atoms with Crippen molar-refractivity contribution < 1.29 is 4.79 Å². The van der Waals surface area contributed by atoms with E-state index in [9.17, 15) is 4.79 Å². The lowest BCUT2D eigenvalue weighted by Gasteiger charge is -2.45. The first-order valence-electron chi connectivity index (χ1n) is 10.5. The van der Waals surface area contributed by atoms with Gasteiger partial charge in [0.15, 0.2) is 0 Å². The Balaban J connectivity index is 1.38. The maximum atomic E-state index is 13.1. The van der Waals surface area contributed by atoms with E-state index >= 15 is 0 Å². The Morgan fingerprint density at radius 1 is 1.25 bits per heavy atom. The van der Waals surface area contributed by atoms with Gasteiger partial charge < -0.3 is 10.2 Å². The molecule has 7 nitrogen and oxygen atoms in total. The molecule has 28 heavy (non-hydrogen) atoms. The number of carbonyl (C=O) groups excluding carboxylic acids is 1. The number of aryl methyl sites for hydroxylation is 3. The maximum Gasteiger partial charge on any atom is 0.257 e. The van der Waals surface area contributed by atoms with E-state index in [4.69, 9.17) is 0 Å². The van der Waals surface area contributed by atoms with Crippen molar-refractivity contribution in [2.45, 2.75) is 57.4 Å². The number of fused-ring (bicyclic) bond motifs is 2. The molecule has 7 heteroatoms. The standard InChI is InChI=1S/C21H28N6O/c1-14-17(11-26(2)25-14)20(28)27-10-15-8-9-21(15,12-27)24-19-16-6-4-3-5-7-18(16)22-13-23-19/h11,13,15H,3-10,12H2,1-2H3,(H,22,23,24). The van der Waals surface area contributed by atoms with Crippen LogP contribution >= 0.6 is 0 Å². The summed E-state index contributed by atoms with van der Waals surface area (Å²) in [6.07, 6.45) is 11.6. The molecular formula is C21H28N6O. The third kappa shape index (κ3) is 2.79. The summed E-state index contributed by atoms with van der Waals surface area (Å²) < 4.78 is 1.72. The topological polar surface area (TPSA) is 75.9 Å². The predicted molar refractivity (Wildman–Crippen MR) is 106 cm³/mol. The highest BCUT2D eigenvalue weighted by atomic mass is 16.2. The number of likely N-dealkylation sites (tertiary alicyclic amines) is 1. The van der Waals surface area contributed by atoms with Crippen molar-refractivity contribution in [1.29, 1.82) is 0 Å². The lowest BCUT2D eigenvalue weighted by molar-refractivity contribution is 0.0785. The molecule has 148 valence electrons. The van der Waals surface area contributed by atoms with Crippen LogP contribution in [-0.4, -0.2) is 49.2 Å². The molecule has 2 unspecified atom stereocenters. The van der Waals surface area contributed by atoms with Gasteiger partial charge in [0.2, 0.25) is 0 Å². The van der Waals surface area contributed by atoms with Gasteiger partial charge in [-0.1, -0.05) is 6.42 Å². The van der Waals surface area contributed by atoms with Crippen LogP contribution in [0, 0.1) is 12.8 Å². The number of amides is 1. The molecule has 1 amide bonds. The first-order valence-corrected chi connectivity index (χ1v) is 10.5. The van der Waals surface area contributed by atoms with Gasteiger partial charge in [-0.15, -0.1) is 0 Å².